The Hall–Kier alpha value is -3.32. The average Bonchev–Trinajstić information content (AvgIpc) is 3.00. The van der Waals surface area contributed by atoms with E-state index in [2.05, 4.69) is 15.5 Å². The van der Waals surface area contributed by atoms with Gasteiger partial charge in [-0.25, -0.2) is 9.24 Å². The highest BCUT2D eigenvalue weighted by molar-refractivity contribution is 6.07. The number of anilines is 1. The molecule has 1 aromatic heterocycles. The van der Waals surface area contributed by atoms with Gasteiger partial charge in [0.2, 0.25) is 5.69 Å². The Kier molecular flexibility index (Phi) is 6.07. The molecule has 1 aromatic carbocycles. The van der Waals surface area contributed by atoms with Crippen LogP contribution >= 0.6 is 0 Å². The van der Waals surface area contributed by atoms with Crippen molar-refractivity contribution in [3.05, 3.63) is 57.9 Å². The van der Waals surface area contributed by atoms with Crippen LogP contribution < -0.4 is 10.6 Å². The summed E-state index contributed by atoms with van der Waals surface area (Å²) in [6, 6.07) is 3.45. The normalized spacial score (nSPS) is 13.8. The predicted octanol–water partition coefficient (Wildman–Crippen LogP) is 4.28. The van der Waals surface area contributed by atoms with Gasteiger partial charge in [0.1, 0.15) is 11.5 Å². The predicted molar refractivity (Wildman–Crippen MR) is 111 cm³/mol. The minimum atomic E-state index is -3.89. The highest BCUT2D eigenvalue weighted by atomic mass is 19.3. The van der Waals surface area contributed by atoms with Crippen molar-refractivity contribution in [2.45, 2.75) is 52.3 Å². The number of fused-ring (bicyclic) bond motifs is 1. The van der Waals surface area contributed by atoms with E-state index in [0.717, 1.165) is 12.1 Å². The average molecular weight is 448 g/mol. The van der Waals surface area contributed by atoms with Crippen LogP contribution in [0.4, 0.5) is 24.5 Å². The van der Waals surface area contributed by atoms with Gasteiger partial charge in [-0.1, -0.05) is 0 Å². The number of amides is 2. The highest BCUT2D eigenvalue weighted by Gasteiger charge is 2.48. The molecule has 10 heteroatoms. The molecule has 0 unspecified atom stereocenters. The zero-order chi connectivity index (χ0) is 23.8. The SMILES string of the molecule is [C-]#[N+]c1cc(NC(=O)c2c(C)c(C(F)(F)C(=O)NC(C)(C)C)n3c2COCC3)ccc1F. The van der Waals surface area contributed by atoms with Gasteiger partial charge in [-0.3, -0.25) is 9.59 Å². The molecule has 2 amide bonds. The summed E-state index contributed by atoms with van der Waals surface area (Å²) >= 11 is 0. The second-order valence-electron chi connectivity index (χ2n) is 8.51. The third kappa shape index (κ3) is 4.34. The van der Waals surface area contributed by atoms with Crippen LogP contribution in [-0.2, 0) is 28.6 Å². The Morgan fingerprint density at radius 1 is 1.25 bits per heavy atom. The maximum atomic E-state index is 15.3. The fourth-order valence-corrected chi connectivity index (χ4v) is 3.63. The second kappa shape index (κ2) is 8.31. The first-order valence-electron chi connectivity index (χ1n) is 9.85. The molecule has 0 spiro atoms. The summed E-state index contributed by atoms with van der Waals surface area (Å²) in [5.41, 5.74) is -1.47. The number of benzene rings is 1. The molecular weight excluding hydrogens is 425 g/mol. The summed E-state index contributed by atoms with van der Waals surface area (Å²) in [4.78, 5) is 28.5. The van der Waals surface area contributed by atoms with Gasteiger partial charge in [-0.15, -0.1) is 0 Å². The molecule has 2 N–H and O–H groups in total. The maximum absolute atomic E-state index is 15.3. The monoisotopic (exact) mass is 448 g/mol. The van der Waals surface area contributed by atoms with Crippen LogP contribution in [0.5, 0.6) is 0 Å². The first-order valence-corrected chi connectivity index (χ1v) is 9.85. The number of rotatable bonds is 4. The van der Waals surface area contributed by atoms with Gasteiger partial charge >= 0.3 is 5.92 Å². The molecule has 1 aliphatic heterocycles. The summed E-state index contributed by atoms with van der Waals surface area (Å²) in [6.45, 7) is 13.2. The van der Waals surface area contributed by atoms with Gasteiger partial charge in [0.05, 0.1) is 31.0 Å². The van der Waals surface area contributed by atoms with E-state index >= 15 is 8.78 Å². The van der Waals surface area contributed by atoms with Crippen LogP contribution in [0.25, 0.3) is 4.85 Å². The van der Waals surface area contributed by atoms with Gasteiger partial charge in [0.15, 0.2) is 0 Å². The molecular formula is C22H23F3N4O3. The summed E-state index contributed by atoms with van der Waals surface area (Å²) in [5.74, 6) is -6.82. The summed E-state index contributed by atoms with van der Waals surface area (Å²) in [6.07, 6.45) is 0. The van der Waals surface area contributed by atoms with Crippen molar-refractivity contribution in [3.8, 4) is 0 Å². The molecule has 2 heterocycles. The summed E-state index contributed by atoms with van der Waals surface area (Å²) in [5, 5.41) is 4.81. The molecule has 0 radical (unpaired) electrons. The number of carbonyl (C=O) groups is 2. The van der Waals surface area contributed by atoms with Gasteiger partial charge in [0, 0.05) is 17.8 Å². The summed E-state index contributed by atoms with van der Waals surface area (Å²) in [7, 11) is 0. The Labute approximate surface area is 183 Å². The molecule has 170 valence electrons. The minimum absolute atomic E-state index is 0.0448. The zero-order valence-electron chi connectivity index (χ0n) is 18.1. The van der Waals surface area contributed by atoms with Crippen molar-refractivity contribution in [2.75, 3.05) is 11.9 Å². The number of nitrogens with zero attached hydrogens (tertiary/aromatic N) is 2. The molecule has 0 saturated heterocycles. The minimum Gasteiger partial charge on any atom is -0.373 e. The Balaban J connectivity index is 2.05. The number of carbonyl (C=O) groups excluding carboxylic acids is 2. The van der Waals surface area contributed by atoms with E-state index in [9.17, 15) is 14.0 Å². The third-order valence-electron chi connectivity index (χ3n) is 4.94. The van der Waals surface area contributed by atoms with E-state index in [-0.39, 0.29) is 48.0 Å². The molecule has 0 bridgehead atoms. The largest absolute Gasteiger partial charge is 0.373 e. The molecule has 2 aromatic rings. The first kappa shape index (κ1) is 23.3. The number of alkyl halides is 2. The molecule has 32 heavy (non-hydrogen) atoms. The molecule has 3 rings (SSSR count). The lowest BCUT2D eigenvalue weighted by Crippen LogP contribution is -2.48. The number of hydrogen-bond donors (Lipinski definition) is 2. The molecule has 0 atom stereocenters. The van der Waals surface area contributed by atoms with Crippen LogP contribution in [0, 0.1) is 19.3 Å². The van der Waals surface area contributed by atoms with Gasteiger partial charge in [-0.05, 0) is 51.5 Å². The first-order chi connectivity index (χ1) is 14.9. The van der Waals surface area contributed by atoms with E-state index in [1.807, 2.05) is 0 Å². The lowest BCUT2D eigenvalue weighted by molar-refractivity contribution is -0.149. The fourth-order valence-electron chi connectivity index (χ4n) is 3.63. The van der Waals surface area contributed by atoms with Crippen molar-refractivity contribution in [1.82, 2.24) is 9.88 Å². The van der Waals surface area contributed by atoms with Crippen LogP contribution in [0.15, 0.2) is 18.2 Å². The van der Waals surface area contributed by atoms with Gasteiger partial charge in [0.25, 0.3) is 11.8 Å². The molecule has 0 fully saturated rings. The second-order valence-corrected chi connectivity index (χ2v) is 8.51. The number of ether oxygens (including phenoxy) is 1. The number of halogens is 3. The van der Waals surface area contributed by atoms with Crippen molar-refractivity contribution in [3.63, 3.8) is 0 Å². The van der Waals surface area contributed by atoms with Crippen molar-refractivity contribution in [2.24, 2.45) is 0 Å². The quantitative estimate of drug-likeness (QED) is 0.686. The van der Waals surface area contributed by atoms with E-state index in [0.29, 0.717) is 0 Å². The smallest absolute Gasteiger partial charge is 0.364 e. The molecule has 0 aliphatic carbocycles. The Morgan fingerprint density at radius 3 is 2.56 bits per heavy atom. The van der Waals surface area contributed by atoms with Gasteiger partial charge in [-0.2, -0.15) is 8.78 Å². The Morgan fingerprint density at radius 2 is 1.94 bits per heavy atom. The van der Waals surface area contributed by atoms with Crippen molar-refractivity contribution < 1.29 is 27.5 Å². The summed E-state index contributed by atoms with van der Waals surface area (Å²) < 4.78 is 50.8. The molecule has 7 nitrogen and oxygen atoms in total. The van der Waals surface area contributed by atoms with E-state index < -0.39 is 34.8 Å². The van der Waals surface area contributed by atoms with Crippen LogP contribution in [0.2, 0.25) is 0 Å². The standard InChI is InChI=1S/C22H23F3N4O3/c1-12-17(19(30)27-13-6-7-14(23)15(10-13)26-5)16-11-32-9-8-29(16)18(12)22(24,25)20(31)28-21(2,3)4/h6-7,10H,8-9,11H2,1-4H3,(H,27,30)(H,28,31). The molecule has 0 saturated carbocycles. The van der Waals surface area contributed by atoms with Crippen LogP contribution in [0.1, 0.15) is 48.1 Å². The van der Waals surface area contributed by atoms with E-state index in [4.69, 9.17) is 11.3 Å². The van der Waals surface area contributed by atoms with E-state index in [1.54, 1.807) is 20.8 Å². The lowest BCUT2D eigenvalue weighted by atomic mass is 10.0. The van der Waals surface area contributed by atoms with Crippen molar-refractivity contribution in [1.29, 1.82) is 0 Å². The number of aromatic nitrogens is 1. The molecule has 1 aliphatic rings. The topological polar surface area (TPSA) is 76.7 Å². The number of nitrogens with one attached hydrogen (secondary N) is 2. The van der Waals surface area contributed by atoms with Crippen molar-refractivity contribution >= 4 is 23.2 Å². The fraction of sp³-hybridized carbons (Fsp3) is 0.409. The van der Waals surface area contributed by atoms with Crippen LogP contribution in [-0.4, -0.2) is 28.5 Å². The Bertz CT molecular complexity index is 1130. The van der Waals surface area contributed by atoms with Crippen LogP contribution in [0.3, 0.4) is 0 Å². The van der Waals surface area contributed by atoms with E-state index in [1.165, 1.54) is 17.6 Å². The lowest BCUT2D eigenvalue weighted by Gasteiger charge is -2.27. The third-order valence-corrected chi connectivity index (χ3v) is 4.94. The highest BCUT2D eigenvalue weighted by Crippen LogP contribution is 2.38. The zero-order valence-corrected chi connectivity index (χ0v) is 18.1. The van der Waals surface area contributed by atoms with Gasteiger partial charge < -0.3 is 19.9 Å². The maximum Gasteiger partial charge on any atom is 0.364 e. The number of hydrogen-bond acceptors (Lipinski definition) is 3.